The van der Waals surface area contributed by atoms with E-state index in [-0.39, 0.29) is 5.69 Å². The summed E-state index contributed by atoms with van der Waals surface area (Å²) in [6.07, 6.45) is 2.00. The molecule has 5 N–H and O–H groups in total. The maximum Gasteiger partial charge on any atom is 0.328 e. The van der Waals surface area contributed by atoms with E-state index in [1.807, 2.05) is 0 Å². The summed E-state index contributed by atoms with van der Waals surface area (Å²) < 4.78 is 1.34. The Morgan fingerprint density at radius 1 is 1.46 bits per heavy atom. The van der Waals surface area contributed by atoms with E-state index in [0.29, 0.717) is 19.5 Å². The summed E-state index contributed by atoms with van der Waals surface area (Å²) in [5.41, 5.74) is 9.64. The smallest absolute Gasteiger partial charge is 0.328 e. The quantitative estimate of drug-likeness (QED) is 0.529. The second kappa shape index (κ2) is 3.90. The Morgan fingerprint density at radius 3 is 2.77 bits per heavy atom. The molecular formula is C7H12N4O2. The zero-order valence-corrected chi connectivity index (χ0v) is 7.12. The van der Waals surface area contributed by atoms with Crippen molar-refractivity contribution in [2.24, 2.45) is 5.73 Å². The summed E-state index contributed by atoms with van der Waals surface area (Å²) in [7, 11) is 0. The van der Waals surface area contributed by atoms with Gasteiger partial charge in [0.05, 0.1) is 0 Å². The fraction of sp³-hybridized carbons (Fsp3) is 0.429. The molecule has 0 aliphatic carbocycles. The van der Waals surface area contributed by atoms with Crippen molar-refractivity contribution >= 4 is 5.69 Å². The topological polar surface area (TPSA) is 107 Å². The molecule has 72 valence electrons. The molecule has 6 heteroatoms. The predicted molar refractivity (Wildman–Crippen MR) is 49.4 cm³/mol. The average molecular weight is 184 g/mol. The molecule has 0 bridgehead atoms. The molecule has 0 radical (unpaired) electrons. The fourth-order valence-corrected chi connectivity index (χ4v) is 0.954. The van der Waals surface area contributed by atoms with Gasteiger partial charge in [-0.25, -0.2) is 4.79 Å². The molecule has 1 aromatic rings. The van der Waals surface area contributed by atoms with Gasteiger partial charge in [-0.1, -0.05) is 0 Å². The lowest BCUT2D eigenvalue weighted by atomic mass is 10.4. The molecule has 13 heavy (non-hydrogen) atoms. The van der Waals surface area contributed by atoms with Gasteiger partial charge in [-0.3, -0.25) is 14.3 Å². The van der Waals surface area contributed by atoms with Gasteiger partial charge < -0.3 is 11.5 Å². The Kier molecular flexibility index (Phi) is 2.86. The standard InChI is InChI=1S/C7H12N4O2/c8-2-1-3-11-4-5(9)6(12)10-7(11)13/h4H,1-3,8-9H2,(H,10,12,13). The van der Waals surface area contributed by atoms with Crippen molar-refractivity contribution in [1.29, 1.82) is 0 Å². The minimum Gasteiger partial charge on any atom is -0.393 e. The predicted octanol–water partition coefficient (Wildman–Crippen LogP) is -1.53. The van der Waals surface area contributed by atoms with Gasteiger partial charge >= 0.3 is 5.69 Å². The fourth-order valence-electron chi connectivity index (χ4n) is 0.954. The Balaban J connectivity index is 3.02. The molecule has 0 saturated carbocycles. The lowest BCUT2D eigenvalue weighted by molar-refractivity contribution is 0.613. The van der Waals surface area contributed by atoms with E-state index < -0.39 is 11.2 Å². The largest absolute Gasteiger partial charge is 0.393 e. The van der Waals surface area contributed by atoms with Crippen molar-refractivity contribution < 1.29 is 0 Å². The molecule has 6 nitrogen and oxygen atoms in total. The lowest BCUT2D eigenvalue weighted by Crippen LogP contribution is -2.31. The maximum atomic E-state index is 11.1. The molecule has 0 unspecified atom stereocenters. The van der Waals surface area contributed by atoms with E-state index >= 15 is 0 Å². The highest BCUT2D eigenvalue weighted by Crippen LogP contribution is 1.88. The Hall–Kier alpha value is -1.56. The number of nitrogens with one attached hydrogen (secondary N) is 1. The maximum absolute atomic E-state index is 11.1. The second-order valence-corrected chi connectivity index (χ2v) is 2.68. The zero-order chi connectivity index (χ0) is 9.84. The Labute approximate surface area is 74.2 Å². The van der Waals surface area contributed by atoms with Crippen LogP contribution in [0.5, 0.6) is 0 Å². The Bertz CT molecular complexity index is 392. The first-order valence-corrected chi connectivity index (χ1v) is 3.94. The SMILES string of the molecule is NCCCn1cc(N)c(=O)[nH]c1=O. The van der Waals surface area contributed by atoms with E-state index in [0.717, 1.165) is 0 Å². The van der Waals surface area contributed by atoms with Crippen LogP contribution in [0, 0.1) is 0 Å². The molecule has 0 aliphatic rings. The summed E-state index contributed by atoms with van der Waals surface area (Å²) in [6, 6.07) is 0. The molecule has 1 aromatic heterocycles. The van der Waals surface area contributed by atoms with Crippen LogP contribution < -0.4 is 22.7 Å². The van der Waals surface area contributed by atoms with Gasteiger partial charge in [-0.15, -0.1) is 0 Å². The van der Waals surface area contributed by atoms with Gasteiger partial charge in [-0.2, -0.15) is 0 Å². The third kappa shape index (κ3) is 2.19. The normalized spacial score (nSPS) is 10.2. The molecule has 1 rings (SSSR count). The number of nitrogens with two attached hydrogens (primary N) is 2. The molecule has 0 spiro atoms. The number of H-pyrrole nitrogens is 1. The van der Waals surface area contributed by atoms with Crippen LogP contribution in [0.15, 0.2) is 15.8 Å². The Morgan fingerprint density at radius 2 is 2.15 bits per heavy atom. The van der Waals surface area contributed by atoms with E-state index in [2.05, 4.69) is 4.98 Å². The van der Waals surface area contributed by atoms with E-state index in [1.54, 1.807) is 0 Å². The van der Waals surface area contributed by atoms with E-state index in [4.69, 9.17) is 11.5 Å². The van der Waals surface area contributed by atoms with Gasteiger partial charge in [-0.05, 0) is 13.0 Å². The molecule has 0 saturated heterocycles. The summed E-state index contributed by atoms with van der Waals surface area (Å²) in [4.78, 5) is 24.1. The number of anilines is 1. The molecule has 0 amide bonds. The third-order valence-corrected chi connectivity index (χ3v) is 1.64. The van der Waals surface area contributed by atoms with Gasteiger partial charge in [0.2, 0.25) is 0 Å². The second-order valence-electron chi connectivity index (χ2n) is 2.68. The molecule has 1 heterocycles. The van der Waals surface area contributed by atoms with E-state index in [9.17, 15) is 9.59 Å². The van der Waals surface area contributed by atoms with Crippen LogP contribution in [0.4, 0.5) is 5.69 Å². The molecule has 0 fully saturated rings. The van der Waals surface area contributed by atoms with Crippen LogP contribution >= 0.6 is 0 Å². The van der Waals surface area contributed by atoms with Crippen LogP contribution in [0.1, 0.15) is 6.42 Å². The lowest BCUT2D eigenvalue weighted by Gasteiger charge is -2.03. The molecule has 0 aliphatic heterocycles. The van der Waals surface area contributed by atoms with Crippen LogP contribution in [0.3, 0.4) is 0 Å². The van der Waals surface area contributed by atoms with Gasteiger partial charge in [0.1, 0.15) is 5.69 Å². The highest BCUT2D eigenvalue weighted by atomic mass is 16.2. The van der Waals surface area contributed by atoms with Crippen molar-refractivity contribution in [2.45, 2.75) is 13.0 Å². The molecule has 0 atom stereocenters. The van der Waals surface area contributed by atoms with Crippen LogP contribution in [-0.4, -0.2) is 16.1 Å². The number of aryl methyl sites for hydroxylation is 1. The number of nitrogen functional groups attached to an aromatic ring is 1. The van der Waals surface area contributed by atoms with Crippen molar-refractivity contribution in [1.82, 2.24) is 9.55 Å². The first-order valence-electron chi connectivity index (χ1n) is 3.94. The minimum absolute atomic E-state index is 0.0385. The van der Waals surface area contributed by atoms with Crippen molar-refractivity contribution in [3.05, 3.63) is 27.0 Å². The summed E-state index contributed by atoms with van der Waals surface area (Å²) in [5, 5.41) is 0. The summed E-state index contributed by atoms with van der Waals surface area (Å²) >= 11 is 0. The van der Waals surface area contributed by atoms with Gasteiger partial charge in [0.25, 0.3) is 5.56 Å². The van der Waals surface area contributed by atoms with Crippen LogP contribution in [-0.2, 0) is 6.54 Å². The minimum atomic E-state index is -0.547. The first kappa shape index (κ1) is 9.53. The number of aromatic amines is 1. The monoisotopic (exact) mass is 184 g/mol. The first-order chi connectivity index (χ1) is 6.15. The van der Waals surface area contributed by atoms with E-state index in [1.165, 1.54) is 10.8 Å². The molecular weight excluding hydrogens is 172 g/mol. The van der Waals surface area contributed by atoms with Crippen LogP contribution in [0.25, 0.3) is 0 Å². The average Bonchev–Trinajstić information content (AvgIpc) is 2.09. The number of rotatable bonds is 3. The third-order valence-electron chi connectivity index (χ3n) is 1.64. The van der Waals surface area contributed by atoms with Gasteiger partial charge in [0.15, 0.2) is 0 Å². The summed E-state index contributed by atoms with van der Waals surface area (Å²) in [6.45, 7) is 0.960. The summed E-state index contributed by atoms with van der Waals surface area (Å²) in [5.74, 6) is 0. The van der Waals surface area contributed by atoms with Crippen molar-refractivity contribution in [2.75, 3.05) is 12.3 Å². The van der Waals surface area contributed by atoms with Crippen LogP contribution in [0.2, 0.25) is 0 Å². The zero-order valence-electron chi connectivity index (χ0n) is 7.12. The number of nitrogens with zero attached hydrogens (tertiary/aromatic N) is 1. The van der Waals surface area contributed by atoms with Gasteiger partial charge in [0, 0.05) is 12.7 Å². The number of aromatic nitrogens is 2. The number of hydrogen-bond acceptors (Lipinski definition) is 4. The van der Waals surface area contributed by atoms with Crippen molar-refractivity contribution in [3.8, 4) is 0 Å². The number of hydrogen-bond donors (Lipinski definition) is 3. The highest BCUT2D eigenvalue weighted by molar-refractivity contribution is 5.30. The van der Waals surface area contributed by atoms with Crippen molar-refractivity contribution in [3.63, 3.8) is 0 Å². The molecule has 0 aromatic carbocycles. The highest BCUT2D eigenvalue weighted by Gasteiger charge is 1.99.